The summed E-state index contributed by atoms with van der Waals surface area (Å²) in [7, 11) is 0. The fraction of sp³-hybridized carbons (Fsp3) is 0.350. The molecule has 1 unspecified atom stereocenters. The smallest absolute Gasteiger partial charge is 0.308 e. The van der Waals surface area contributed by atoms with Crippen LogP contribution in [0.2, 0.25) is 0 Å². The SMILES string of the molecule is CCOC(=O)[C@H](C)CC(Cc1ccc(-c2ccccc2)cc1)N=N. The average molecular weight is 324 g/mol. The van der Waals surface area contributed by atoms with Crippen molar-refractivity contribution in [2.75, 3.05) is 6.61 Å². The van der Waals surface area contributed by atoms with E-state index in [1.807, 2.05) is 25.1 Å². The molecule has 4 nitrogen and oxygen atoms in total. The van der Waals surface area contributed by atoms with Crippen molar-refractivity contribution in [2.45, 2.75) is 32.7 Å². The van der Waals surface area contributed by atoms with Crippen LogP contribution in [0.1, 0.15) is 25.8 Å². The third-order valence-electron chi connectivity index (χ3n) is 4.03. The summed E-state index contributed by atoms with van der Waals surface area (Å²) in [5.41, 5.74) is 10.9. The summed E-state index contributed by atoms with van der Waals surface area (Å²) in [5.74, 6) is -0.460. The first-order valence-corrected chi connectivity index (χ1v) is 8.31. The van der Waals surface area contributed by atoms with E-state index < -0.39 is 0 Å². The number of nitrogens with zero attached hydrogens (tertiary/aromatic N) is 1. The van der Waals surface area contributed by atoms with E-state index in [2.05, 4.69) is 41.5 Å². The van der Waals surface area contributed by atoms with Gasteiger partial charge >= 0.3 is 5.97 Å². The molecule has 0 aliphatic rings. The van der Waals surface area contributed by atoms with Crippen molar-refractivity contribution in [2.24, 2.45) is 11.0 Å². The van der Waals surface area contributed by atoms with Gasteiger partial charge in [0.25, 0.3) is 0 Å². The molecule has 0 amide bonds. The van der Waals surface area contributed by atoms with E-state index in [9.17, 15) is 4.79 Å². The highest BCUT2D eigenvalue weighted by Crippen LogP contribution is 2.21. The van der Waals surface area contributed by atoms with Crippen LogP contribution in [-0.4, -0.2) is 18.6 Å². The minimum atomic E-state index is -0.243. The predicted octanol–water partition coefficient (Wildman–Crippen LogP) is 4.88. The summed E-state index contributed by atoms with van der Waals surface area (Å²) in [4.78, 5) is 11.7. The Morgan fingerprint density at radius 2 is 1.71 bits per heavy atom. The minimum absolute atomic E-state index is 0.202. The van der Waals surface area contributed by atoms with Crippen LogP contribution in [0.15, 0.2) is 59.7 Å². The van der Waals surface area contributed by atoms with E-state index in [0.717, 1.165) is 5.56 Å². The summed E-state index contributed by atoms with van der Waals surface area (Å²) in [6.07, 6.45) is 1.19. The second-order valence-corrected chi connectivity index (χ2v) is 5.94. The molecule has 4 heteroatoms. The van der Waals surface area contributed by atoms with Crippen LogP contribution in [0.3, 0.4) is 0 Å². The molecule has 0 bridgehead atoms. The topological polar surface area (TPSA) is 62.5 Å². The van der Waals surface area contributed by atoms with Crippen molar-refractivity contribution in [1.29, 1.82) is 5.53 Å². The third-order valence-corrected chi connectivity index (χ3v) is 4.03. The Hall–Kier alpha value is -2.49. The van der Waals surface area contributed by atoms with Crippen LogP contribution < -0.4 is 0 Å². The van der Waals surface area contributed by atoms with Gasteiger partial charge in [0, 0.05) is 0 Å². The average Bonchev–Trinajstić information content (AvgIpc) is 2.62. The van der Waals surface area contributed by atoms with Gasteiger partial charge in [-0.1, -0.05) is 61.5 Å². The summed E-state index contributed by atoms with van der Waals surface area (Å²) in [6, 6.07) is 18.3. The molecule has 0 saturated carbocycles. The number of carbonyl (C=O) groups excluding carboxylic acids is 1. The molecule has 0 aliphatic carbocycles. The molecule has 2 aromatic rings. The first-order valence-electron chi connectivity index (χ1n) is 8.31. The second-order valence-electron chi connectivity index (χ2n) is 5.94. The van der Waals surface area contributed by atoms with Crippen LogP contribution in [0, 0.1) is 11.4 Å². The second kappa shape index (κ2) is 8.96. The van der Waals surface area contributed by atoms with Gasteiger partial charge < -0.3 is 4.74 Å². The molecule has 0 aromatic heterocycles. The number of carbonyl (C=O) groups is 1. The minimum Gasteiger partial charge on any atom is -0.466 e. The number of benzene rings is 2. The highest BCUT2D eigenvalue weighted by atomic mass is 16.5. The van der Waals surface area contributed by atoms with Gasteiger partial charge in [0.15, 0.2) is 0 Å². The number of hydrogen-bond acceptors (Lipinski definition) is 4. The molecule has 24 heavy (non-hydrogen) atoms. The van der Waals surface area contributed by atoms with E-state index in [1.165, 1.54) is 11.1 Å². The molecule has 2 rings (SSSR count). The van der Waals surface area contributed by atoms with Crippen LogP contribution in [0.5, 0.6) is 0 Å². The molecule has 2 atom stereocenters. The lowest BCUT2D eigenvalue weighted by Crippen LogP contribution is -2.21. The van der Waals surface area contributed by atoms with Crippen LogP contribution in [-0.2, 0) is 16.0 Å². The lowest BCUT2D eigenvalue weighted by Gasteiger charge is -2.15. The van der Waals surface area contributed by atoms with Crippen molar-refractivity contribution in [3.05, 3.63) is 60.2 Å². The van der Waals surface area contributed by atoms with Crippen molar-refractivity contribution >= 4 is 5.97 Å². The Labute approximate surface area is 143 Å². The predicted molar refractivity (Wildman–Crippen MR) is 94.9 cm³/mol. The van der Waals surface area contributed by atoms with Gasteiger partial charge in [-0.15, -0.1) is 0 Å². The van der Waals surface area contributed by atoms with Crippen molar-refractivity contribution < 1.29 is 9.53 Å². The molecule has 0 spiro atoms. The Balaban J connectivity index is 1.98. The lowest BCUT2D eigenvalue weighted by molar-refractivity contribution is -0.147. The number of nitrogens with one attached hydrogen (secondary N) is 1. The highest BCUT2D eigenvalue weighted by molar-refractivity contribution is 5.72. The first kappa shape index (κ1) is 17.9. The normalized spacial score (nSPS) is 13.1. The van der Waals surface area contributed by atoms with E-state index in [1.54, 1.807) is 6.92 Å². The van der Waals surface area contributed by atoms with Crippen LogP contribution in [0.25, 0.3) is 11.1 Å². The number of esters is 1. The molecule has 126 valence electrons. The summed E-state index contributed by atoms with van der Waals surface area (Å²) < 4.78 is 5.02. The first-order chi connectivity index (χ1) is 11.6. The van der Waals surface area contributed by atoms with Gasteiger partial charge in [-0.05, 0) is 36.5 Å². The maximum atomic E-state index is 11.7. The lowest BCUT2D eigenvalue weighted by atomic mass is 9.95. The van der Waals surface area contributed by atoms with Crippen molar-refractivity contribution in [1.82, 2.24) is 0 Å². The zero-order valence-electron chi connectivity index (χ0n) is 14.2. The maximum Gasteiger partial charge on any atom is 0.308 e. The van der Waals surface area contributed by atoms with Gasteiger partial charge in [-0.2, -0.15) is 5.11 Å². The van der Waals surface area contributed by atoms with Gasteiger partial charge in [-0.25, -0.2) is 5.53 Å². The Morgan fingerprint density at radius 3 is 2.29 bits per heavy atom. The van der Waals surface area contributed by atoms with Gasteiger partial charge in [0.05, 0.1) is 18.6 Å². The molecule has 2 aromatic carbocycles. The van der Waals surface area contributed by atoms with Crippen molar-refractivity contribution in [3.8, 4) is 11.1 Å². The fourth-order valence-corrected chi connectivity index (χ4v) is 2.71. The maximum absolute atomic E-state index is 11.7. The molecule has 0 heterocycles. The molecule has 1 N–H and O–H groups in total. The van der Waals surface area contributed by atoms with Crippen LogP contribution in [0.4, 0.5) is 0 Å². The number of rotatable bonds is 8. The molecular formula is C20H24N2O2. The van der Waals surface area contributed by atoms with Gasteiger partial charge in [0.2, 0.25) is 0 Å². The zero-order valence-corrected chi connectivity index (χ0v) is 14.2. The Kier molecular flexibility index (Phi) is 6.67. The Morgan fingerprint density at radius 1 is 1.08 bits per heavy atom. The standard InChI is InChI=1S/C20H24N2O2/c1-3-24-20(23)15(2)13-19(22-21)14-16-9-11-18(12-10-16)17-7-5-4-6-8-17/h4-12,15,19,21H,3,13-14H2,1-2H3/t15-,19?/m1/s1. The fourth-order valence-electron chi connectivity index (χ4n) is 2.71. The largest absolute Gasteiger partial charge is 0.466 e. The quantitative estimate of drug-likeness (QED) is 0.555. The number of ether oxygens (including phenoxy) is 1. The summed E-state index contributed by atoms with van der Waals surface area (Å²) in [5, 5.41) is 3.69. The van der Waals surface area contributed by atoms with Crippen LogP contribution >= 0.6 is 0 Å². The molecule has 0 radical (unpaired) electrons. The van der Waals surface area contributed by atoms with Crippen molar-refractivity contribution in [3.63, 3.8) is 0 Å². The third kappa shape index (κ3) is 5.01. The summed E-state index contributed by atoms with van der Waals surface area (Å²) >= 11 is 0. The number of hydrogen-bond donors (Lipinski definition) is 1. The molecule has 0 saturated heterocycles. The van der Waals surface area contributed by atoms with E-state index in [4.69, 9.17) is 10.3 Å². The highest BCUT2D eigenvalue weighted by Gasteiger charge is 2.20. The molecule has 0 aliphatic heterocycles. The van der Waals surface area contributed by atoms with E-state index in [-0.39, 0.29) is 17.9 Å². The van der Waals surface area contributed by atoms with Gasteiger partial charge in [0.1, 0.15) is 0 Å². The molecule has 0 fully saturated rings. The Bertz CT molecular complexity index is 653. The zero-order chi connectivity index (χ0) is 17.4. The van der Waals surface area contributed by atoms with E-state index in [0.29, 0.717) is 19.4 Å². The molecular weight excluding hydrogens is 300 g/mol. The van der Waals surface area contributed by atoms with Gasteiger partial charge in [-0.3, -0.25) is 4.79 Å². The summed E-state index contributed by atoms with van der Waals surface area (Å²) in [6.45, 7) is 4.01. The monoisotopic (exact) mass is 324 g/mol. The van der Waals surface area contributed by atoms with E-state index >= 15 is 0 Å².